The number of phosphoric ester groups is 2. The first-order chi connectivity index (χ1) is 50.9. The normalized spacial score (nSPS) is 14.2. The van der Waals surface area contributed by atoms with Gasteiger partial charge in [-0.25, -0.2) is 9.13 Å². The summed E-state index contributed by atoms with van der Waals surface area (Å²) in [6.45, 7) is 9.68. The Kier molecular flexibility index (Phi) is 75.1. The summed E-state index contributed by atoms with van der Waals surface area (Å²) in [5.41, 5.74) is 0. The average molecular weight is 1530 g/mol. The summed E-state index contributed by atoms with van der Waals surface area (Å²) < 4.78 is 68.8. The van der Waals surface area contributed by atoms with E-state index in [9.17, 15) is 43.2 Å². The van der Waals surface area contributed by atoms with E-state index in [4.69, 9.17) is 37.0 Å². The average Bonchev–Trinajstić information content (AvgIpc) is 1.12. The fraction of sp³-hybridized carbons (Fsp3) is 0.907. The van der Waals surface area contributed by atoms with E-state index in [0.717, 1.165) is 115 Å². The SMILES string of the molecule is CCCCCC/C=C\C=C/CCCCCCCC(=O)O[C@H](COC(=O)CCCCCCCCCCC)COP(=O)(O)OC[C@H](O)COP(=O)(O)OC[C@@H](COC(=O)CCCCCCCCCCCCCCCCCCC(C)C)OC(=O)CCCCCCCCCCCCCCCCCCCCC(C)CC. The van der Waals surface area contributed by atoms with Gasteiger partial charge in [-0.05, 0) is 63.2 Å². The minimum absolute atomic E-state index is 0.0853. The number of aliphatic hydroxyl groups is 1. The summed E-state index contributed by atoms with van der Waals surface area (Å²) >= 11 is 0. The van der Waals surface area contributed by atoms with E-state index in [0.29, 0.717) is 25.7 Å². The lowest BCUT2D eigenvalue weighted by atomic mass is 9.99. The predicted molar refractivity (Wildman–Crippen MR) is 432 cm³/mol. The van der Waals surface area contributed by atoms with Crippen molar-refractivity contribution in [2.45, 2.75) is 452 Å². The Labute approximate surface area is 643 Å². The summed E-state index contributed by atoms with van der Waals surface area (Å²) in [5, 5.41) is 10.7. The van der Waals surface area contributed by atoms with Gasteiger partial charge in [0, 0.05) is 25.7 Å². The van der Waals surface area contributed by atoms with Crippen molar-refractivity contribution in [1.29, 1.82) is 0 Å². The molecule has 620 valence electrons. The molecule has 0 bridgehead atoms. The highest BCUT2D eigenvalue weighted by Gasteiger charge is 2.30. The van der Waals surface area contributed by atoms with Crippen molar-refractivity contribution in [3.05, 3.63) is 24.3 Å². The van der Waals surface area contributed by atoms with Gasteiger partial charge in [-0.3, -0.25) is 37.3 Å². The molecular weight excluding hydrogens is 1370 g/mol. The smallest absolute Gasteiger partial charge is 0.462 e. The second kappa shape index (κ2) is 76.9. The molecule has 0 saturated heterocycles. The molecule has 6 atom stereocenters. The number of unbranched alkanes of at least 4 members (excludes halogenated alkanes) is 49. The molecule has 0 radical (unpaired) electrons. The van der Waals surface area contributed by atoms with Gasteiger partial charge in [0.2, 0.25) is 0 Å². The molecule has 0 aromatic carbocycles. The molecule has 3 N–H and O–H groups in total. The number of hydrogen-bond acceptors (Lipinski definition) is 15. The van der Waals surface area contributed by atoms with Crippen LogP contribution in [0.2, 0.25) is 0 Å². The highest BCUT2D eigenvalue weighted by molar-refractivity contribution is 7.47. The number of rotatable bonds is 83. The number of carbonyl (C=O) groups excluding carboxylic acids is 4. The molecule has 3 unspecified atom stereocenters. The minimum atomic E-state index is -4.97. The number of allylic oxidation sites excluding steroid dienone is 4. The van der Waals surface area contributed by atoms with Crippen LogP contribution in [0.3, 0.4) is 0 Å². The summed E-state index contributed by atoms with van der Waals surface area (Å²) in [6, 6.07) is 0. The lowest BCUT2D eigenvalue weighted by Gasteiger charge is -2.21. The number of esters is 4. The number of ether oxygens (including phenoxy) is 4. The van der Waals surface area contributed by atoms with Gasteiger partial charge >= 0.3 is 39.5 Å². The highest BCUT2D eigenvalue weighted by atomic mass is 31.2. The third-order valence-electron chi connectivity index (χ3n) is 19.9. The first-order valence-corrected chi connectivity index (χ1v) is 46.8. The van der Waals surface area contributed by atoms with Crippen molar-refractivity contribution in [3.8, 4) is 0 Å². The number of phosphoric acid groups is 2. The number of carbonyl (C=O) groups is 4. The molecule has 0 rings (SSSR count). The molecular formula is C86H164O17P2. The van der Waals surface area contributed by atoms with Crippen LogP contribution >= 0.6 is 15.6 Å². The minimum Gasteiger partial charge on any atom is -0.462 e. The largest absolute Gasteiger partial charge is 0.472 e. The first-order valence-electron chi connectivity index (χ1n) is 43.8. The third-order valence-corrected chi connectivity index (χ3v) is 21.8. The molecule has 0 aliphatic rings. The molecule has 0 aromatic rings. The topological polar surface area (TPSA) is 237 Å². The third kappa shape index (κ3) is 78.0. The zero-order valence-electron chi connectivity index (χ0n) is 68.5. The van der Waals surface area contributed by atoms with Crippen molar-refractivity contribution in [2.75, 3.05) is 39.6 Å². The van der Waals surface area contributed by atoms with Crippen LogP contribution in [0.4, 0.5) is 0 Å². The molecule has 0 aliphatic heterocycles. The fourth-order valence-electron chi connectivity index (χ4n) is 12.8. The monoisotopic (exact) mass is 1530 g/mol. The van der Waals surface area contributed by atoms with E-state index in [-0.39, 0.29) is 25.7 Å². The maximum Gasteiger partial charge on any atom is 0.472 e. The van der Waals surface area contributed by atoms with Crippen LogP contribution in [-0.2, 0) is 65.4 Å². The maximum atomic E-state index is 13.1. The van der Waals surface area contributed by atoms with E-state index in [1.807, 2.05) is 0 Å². The van der Waals surface area contributed by atoms with Crippen molar-refractivity contribution < 1.29 is 80.2 Å². The molecule has 0 aromatic heterocycles. The number of aliphatic hydroxyl groups excluding tert-OH is 1. The van der Waals surface area contributed by atoms with Crippen molar-refractivity contribution >= 4 is 39.5 Å². The van der Waals surface area contributed by atoms with Crippen LogP contribution in [-0.4, -0.2) is 96.7 Å². The van der Waals surface area contributed by atoms with Gasteiger partial charge in [0.25, 0.3) is 0 Å². The second-order valence-electron chi connectivity index (χ2n) is 31.0. The highest BCUT2D eigenvalue weighted by Crippen LogP contribution is 2.45. The van der Waals surface area contributed by atoms with E-state index in [1.54, 1.807) is 0 Å². The van der Waals surface area contributed by atoms with E-state index >= 15 is 0 Å². The predicted octanol–water partition coefficient (Wildman–Crippen LogP) is 25.8. The van der Waals surface area contributed by atoms with E-state index in [2.05, 4.69) is 65.8 Å². The first kappa shape index (κ1) is 103. The molecule has 0 heterocycles. The Morgan fingerprint density at radius 3 is 0.857 bits per heavy atom. The Hall–Kier alpha value is -2.46. The molecule has 0 aliphatic carbocycles. The van der Waals surface area contributed by atoms with Crippen LogP contribution in [0.15, 0.2) is 24.3 Å². The molecule has 105 heavy (non-hydrogen) atoms. The lowest BCUT2D eigenvalue weighted by Crippen LogP contribution is -2.30. The molecule has 0 fully saturated rings. The Morgan fingerprint density at radius 2 is 0.562 bits per heavy atom. The van der Waals surface area contributed by atoms with Gasteiger partial charge in [-0.1, -0.05) is 380 Å². The maximum absolute atomic E-state index is 13.1. The van der Waals surface area contributed by atoms with Gasteiger partial charge in [0.15, 0.2) is 12.2 Å². The van der Waals surface area contributed by atoms with Gasteiger partial charge in [-0.2, -0.15) is 0 Å². The summed E-state index contributed by atoms with van der Waals surface area (Å²) in [7, 11) is -9.94. The molecule has 0 amide bonds. The van der Waals surface area contributed by atoms with Gasteiger partial charge in [0.05, 0.1) is 26.4 Å². The Balaban J connectivity index is 5.23. The molecule has 0 saturated carbocycles. The molecule has 0 spiro atoms. The van der Waals surface area contributed by atoms with Crippen LogP contribution in [0.5, 0.6) is 0 Å². The summed E-state index contributed by atoms with van der Waals surface area (Å²) in [5.74, 6) is -0.453. The summed E-state index contributed by atoms with van der Waals surface area (Å²) in [6.07, 6.45) is 71.6. The van der Waals surface area contributed by atoms with Gasteiger partial charge < -0.3 is 33.8 Å². The summed E-state index contributed by atoms with van der Waals surface area (Å²) in [4.78, 5) is 73.1. The standard InChI is InChI=1S/C86H164O17P2/c1-7-10-12-14-16-18-19-20-27-35-40-46-52-58-64-70-85(90)102-81(74-96-83(88)68-62-56-50-42-17-15-13-11-8-2)76-100-104(92,93)98-72-80(87)73-99-105(94,95)101-77-82(75-97-84(89)69-63-57-51-45-39-34-30-26-25-28-32-37-43-48-54-60-66-78(4)5)103-86(91)71-65-59-53-47-41-36-31-24-22-21-23-29-33-38-44-49-55-61-67-79(6)9-3/h18-20,27,78-82,87H,7-17,21-26,28-77H2,1-6H3,(H,92,93)(H,94,95)/b19-18-,27-20-/t79?,80-,81+,82+/m0/s1. The van der Waals surface area contributed by atoms with Crippen molar-refractivity contribution in [3.63, 3.8) is 0 Å². The second-order valence-corrected chi connectivity index (χ2v) is 33.9. The lowest BCUT2D eigenvalue weighted by molar-refractivity contribution is -0.161. The van der Waals surface area contributed by atoms with Crippen LogP contribution in [0, 0.1) is 11.8 Å². The quantitative estimate of drug-likeness (QED) is 0.0169. The number of hydrogen-bond donors (Lipinski definition) is 3. The van der Waals surface area contributed by atoms with Gasteiger partial charge in [-0.15, -0.1) is 0 Å². The van der Waals surface area contributed by atoms with Crippen LogP contribution in [0.1, 0.15) is 433 Å². The van der Waals surface area contributed by atoms with Crippen LogP contribution < -0.4 is 0 Å². The zero-order chi connectivity index (χ0) is 77.1. The van der Waals surface area contributed by atoms with Crippen LogP contribution in [0.25, 0.3) is 0 Å². The van der Waals surface area contributed by atoms with Gasteiger partial charge in [0.1, 0.15) is 19.3 Å². The molecule has 19 heteroatoms. The van der Waals surface area contributed by atoms with E-state index < -0.39 is 97.5 Å². The Bertz CT molecular complexity index is 2110. The van der Waals surface area contributed by atoms with Crippen molar-refractivity contribution in [2.24, 2.45) is 11.8 Å². The van der Waals surface area contributed by atoms with Crippen molar-refractivity contribution in [1.82, 2.24) is 0 Å². The molecule has 17 nitrogen and oxygen atoms in total. The Morgan fingerprint density at radius 1 is 0.314 bits per heavy atom. The fourth-order valence-corrected chi connectivity index (χ4v) is 14.4. The zero-order valence-corrected chi connectivity index (χ0v) is 70.3. The van der Waals surface area contributed by atoms with E-state index in [1.165, 1.54) is 238 Å².